The van der Waals surface area contributed by atoms with Crippen molar-refractivity contribution in [2.75, 3.05) is 31.0 Å². The van der Waals surface area contributed by atoms with Gasteiger partial charge in [0.2, 0.25) is 5.76 Å². The van der Waals surface area contributed by atoms with Crippen molar-refractivity contribution in [1.82, 2.24) is 4.90 Å². The van der Waals surface area contributed by atoms with Crippen LogP contribution in [0.2, 0.25) is 0 Å². The Balaban J connectivity index is 1.80. The lowest BCUT2D eigenvalue weighted by Crippen LogP contribution is -2.40. The van der Waals surface area contributed by atoms with Crippen LogP contribution in [-0.4, -0.2) is 45.5 Å². The molecule has 4 rings (SSSR count). The fourth-order valence-corrected chi connectivity index (χ4v) is 4.81. The Morgan fingerprint density at radius 2 is 1.79 bits per heavy atom. The highest BCUT2D eigenvalue weighted by atomic mass is 32.2. The predicted octanol–water partition coefficient (Wildman–Crippen LogP) is 3.32. The minimum absolute atomic E-state index is 0.0121. The summed E-state index contributed by atoms with van der Waals surface area (Å²) in [6.07, 6.45) is 0. The summed E-state index contributed by atoms with van der Waals surface area (Å²) < 4.78 is 40.0. The fraction of sp³-hybridized carbons (Fsp3) is 0.286. The molecular weight excluding hydrogens is 392 g/mol. The molecule has 1 fully saturated rings. The number of fused-ring (bicyclic) bond motifs is 1. The maximum Gasteiger partial charge on any atom is 0.291 e. The molecule has 1 aliphatic heterocycles. The molecule has 0 radical (unpaired) electrons. The number of nitrogens with one attached hydrogen (secondary N) is 1. The number of rotatable bonds is 4. The molecule has 0 bridgehead atoms. The van der Waals surface area contributed by atoms with Gasteiger partial charge in [-0.1, -0.05) is 24.3 Å². The summed E-state index contributed by atoms with van der Waals surface area (Å²) in [6, 6.07) is 12.2. The number of carbonyl (C=O) groups is 1. The zero-order chi connectivity index (χ0) is 20.6. The second kappa shape index (κ2) is 7.53. The first kappa shape index (κ1) is 19.5. The predicted molar refractivity (Wildman–Crippen MR) is 110 cm³/mol. The molecule has 1 aliphatic rings. The van der Waals surface area contributed by atoms with E-state index in [1.54, 1.807) is 48.2 Å². The summed E-state index contributed by atoms with van der Waals surface area (Å²) in [5, 5.41) is 0.540. The molecule has 0 aliphatic carbocycles. The van der Waals surface area contributed by atoms with E-state index in [1.807, 2.05) is 13.0 Å². The Morgan fingerprint density at radius 3 is 2.55 bits per heavy atom. The third-order valence-electron chi connectivity index (χ3n) is 4.96. The molecule has 8 heteroatoms. The van der Waals surface area contributed by atoms with Gasteiger partial charge in [-0.15, -0.1) is 0 Å². The lowest BCUT2D eigenvalue weighted by atomic mass is 10.2. The lowest BCUT2D eigenvalue weighted by molar-refractivity contribution is 0.0285. The third kappa shape index (κ3) is 3.73. The van der Waals surface area contributed by atoms with E-state index in [9.17, 15) is 13.2 Å². The van der Waals surface area contributed by atoms with Gasteiger partial charge in [0.15, 0.2) is 0 Å². The van der Waals surface area contributed by atoms with Crippen LogP contribution in [0, 0.1) is 13.8 Å². The second-order valence-corrected chi connectivity index (χ2v) is 8.73. The first-order valence-corrected chi connectivity index (χ1v) is 10.8. The number of sulfonamides is 1. The van der Waals surface area contributed by atoms with Crippen molar-refractivity contribution in [3.05, 3.63) is 59.4 Å². The van der Waals surface area contributed by atoms with Gasteiger partial charge in [-0.05, 0) is 43.2 Å². The number of amides is 1. The normalized spacial score (nSPS) is 14.9. The minimum atomic E-state index is -3.92. The first-order valence-electron chi connectivity index (χ1n) is 9.35. The van der Waals surface area contributed by atoms with Crippen molar-refractivity contribution < 1.29 is 22.4 Å². The van der Waals surface area contributed by atoms with Crippen LogP contribution in [0.3, 0.4) is 0 Å². The molecule has 3 aromatic rings. The van der Waals surface area contributed by atoms with Crippen molar-refractivity contribution in [3.8, 4) is 0 Å². The number of furan rings is 1. The molecule has 0 saturated carbocycles. The number of ether oxygens (including phenoxy) is 1. The summed E-state index contributed by atoms with van der Waals surface area (Å²) in [6.45, 7) is 5.31. The fourth-order valence-electron chi connectivity index (χ4n) is 3.39. The van der Waals surface area contributed by atoms with E-state index in [-0.39, 0.29) is 22.3 Å². The van der Waals surface area contributed by atoms with Gasteiger partial charge in [-0.3, -0.25) is 9.52 Å². The SMILES string of the molecule is Cc1ccc(C)c(S(=O)(=O)Nc2c(C(=O)N3CCOCC3)oc3ccccc23)c1. The van der Waals surface area contributed by atoms with E-state index in [4.69, 9.17) is 9.15 Å². The summed E-state index contributed by atoms with van der Waals surface area (Å²) in [7, 11) is -3.92. The number of anilines is 1. The zero-order valence-corrected chi connectivity index (χ0v) is 17.1. The number of para-hydroxylation sites is 1. The Kier molecular flexibility index (Phi) is 5.06. The maximum atomic E-state index is 13.2. The zero-order valence-electron chi connectivity index (χ0n) is 16.3. The molecule has 2 aromatic carbocycles. The van der Waals surface area contributed by atoms with E-state index in [0.29, 0.717) is 42.8 Å². The lowest BCUT2D eigenvalue weighted by Gasteiger charge is -2.26. The highest BCUT2D eigenvalue weighted by Crippen LogP contribution is 2.34. The van der Waals surface area contributed by atoms with Crippen LogP contribution in [0.4, 0.5) is 5.69 Å². The summed E-state index contributed by atoms with van der Waals surface area (Å²) in [4.78, 5) is 14.9. The quantitative estimate of drug-likeness (QED) is 0.707. The molecule has 1 amide bonds. The summed E-state index contributed by atoms with van der Waals surface area (Å²) >= 11 is 0. The van der Waals surface area contributed by atoms with Crippen LogP contribution in [-0.2, 0) is 14.8 Å². The van der Waals surface area contributed by atoms with Gasteiger partial charge >= 0.3 is 0 Å². The summed E-state index contributed by atoms with van der Waals surface area (Å²) in [5.41, 5.74) is 2.07. The van der Waals surface area contributed by atoms with Crippen LogP contribution < -0.4 is 4.72 Å². The molecule has 1 N–H and O–H groups in total. The number of hydrogen-bond donors (Lipinski definition) is 1. The van der Waals surface area contributed by atoms with Crippen molar-refractivity contribution in [3.63, 3.8) is 0 Å². The molecule has 0 unspecified atom stereocenters. The highest BCUT2D eigenvalue weighted by molar-refractivity contribution is 7.92. The van der Waals surface area contributed by atoms with Crippen LogP contribution >= 0.6 is 0 Å². The smallest absolute Gasteiger partial charge is 0.291 e. The van der Waals surface area contributed by atoms with Crippen molar-refractivity contribution in [2.24, 2.45) is 0 Å². The van der Waals surface area contributed by atoms with Gasteiger partial charge in [0.1, 0.15) is 11.3 Å². The number of morpholine rings is 1. The molecule has 0 spiro atoms. The molecule has 1 saturated heterocycles. The first-order chi connectivity index (χ1) is 13.9. The largest absolute Gasteiger partial charge is 0.449 e. The van der Waals surface area contributed by atoms with Gasteiger partial charge < -0.3 is 14.1 Å². The standard InChI is InChI=1S/C21H22N2O5S/c1-14-7-8-15(2)18(13-14)29(25,26)22-19-16-5-3-4-6-17(16)28-20(19)21(24)23-9-11-27-12-10-23/h3-8,13,22H,9-12H2,1-2H3. The number of carbonyl (C=O) groups excluding carboxylic acids is 1. The molecule has 1 aromatic heterocycles. The maximum absolute atomic E-state index is 13.2. The van der Waals surface area contributed by atoms with Crippen LogP contribution in [0.25, 0.3) is 11.0 Å². The van der Waals surface area contributed by atoms with E-state index >= 15 is 0 Å². The van der Waals surface area contributed by atoms with E-state index in [2.05, 4.69) is 4.72 Å². The van der Waals surface area contributed by atoms with Crippen molar-refractivity contribution >= 4 is 32.6 Å². The third-order valence-corrected chi connectivity index (χ3v) is 6.45. The Labute approximate surface area is 169 Å². The van der Waals surface area contributed by atoms with Crippen molar-refractivity contribution in [2.45, 2.75) is 18.7 Å². The molecule has 0 atom stereocenters. The second-order valence-electron chi connectivity index (χ2n) is 7.08. The highest BCUT2D eigenvalue weighted by Gasteiger charge is 2.29. The van der Waals surface area contributed by atoms with Gasteiger partial charge in [0.05, 0.1) is 18.1 Å². The molecule has 152 valence electrons. The average Bonchev–Trinajstić information content (AvgIpc) is 3.07. The molecule has 7 nitrogen and oxygen atoms in total. The van der Waals surface area contributed by atoms with Gasteiger partial charge in [0.25, 0.3) is 15.9 Å². The molecular formula is C21H22N2O5S. The monoisotopic (exact) mass is 414 g/mol. The molecule has 2 heterocycles. The Morgan fingerprint density at radius 1 is 1.07 bits per heavy atom. The van der Waals surface area contributed by atoms with Gasteiger partial charge in [-0.25, -0.2) is 8.42 Å². The summed E-state index contributed by atoms with van der Waals surface area (Å²) in [5.74, 6) is -0.370. The average molecular weight is 414 g/mol. The van der Waals surface area contributed by atoms with Crippen LogP contribution in [0.15, 0.2) is 51.8 Å². The van der Waals surface area contributed by atoms with Crippen LogP contribution in [0.1, 0.15) is 21.7 Å². The Bertz CT molecular complexity index is 1180. The molecule has 29 heavy (non-hydrogen) atoms. The van der Waals surface area contributed by atoms with Crippen LogP contribution in [0.5, 0.6) is 0 Å². The number of aryl methyl sites for hydroxylation is 2. The van der Waals surface area contributed by atoms with Crippen molar-refractivity contribution in [1.29, 1.82) is 0 Å². The minimum Gasteiger partial charge on any atom is -0.449 e. The number of nitrogens with zero attached hydrogens (tertiary/aromatic N) is 1. The van der Waals surface area contributed by atoms with E-state index in [1.165, 1.54) is 0 Å². The van der Waals surface area contributed by atoms with E-state index < -0.39 is 10.0 Å². The van der Waals surface area contributed by atoms with E-state index in [0.717, 1.165) is 5.56 Å². The Hall–Kier alpha value is -2.84. The number of hydrogen-bond acceptors (Lipinski definition) is 5. The van der Waals surface area contributed by atoms with Gasteiger partial charge in [0, 0.05) is 18.5 Å². The number of benzene rings is 2. The van der Waals surface area contributed by atoms with Gasteiger partial charge in [-0.2, -0.15) is 0 Å². The topological polar surface area (TPSA) is 88.9 Å².